The summed E-state index contributed by atoms with van der Waals surface area (Å²) in [7, 11) is -0.646. The van der Waals surface area contributed by atoms with Gasteiger partial charge in [0, 0.05) is 22.5 Å². The number of benzene rings is 1. The molecule has 0 saturated carbocycles. The van der Waals surface area contributed by atoms with Crippen LogP contribution in [0.15, 0.2) is 30.3 Å². The number of rotatable bonds is 2. The smallest absolute Gasteiger partial charge is 0.0866 e. The Morgan fingerprint density at radius 1 is 1.40 bits per heavy atom. The molecule has 0 bridgehead atoms. The molecule has 1 fully saturated rings. The summed E-state index contributed by atoms with van der Waals surface area (Å²) in [5.41, 5.74) is 1.31. The van der Waals surface area contributed by atoms with Gasteiger partial charge < -0.3 is 0 Å². The van der Waals surface area contributed by atoms with Gasteiger partial charge in [0.05, 0.1) is 4.58 Å². The molecule has 3 atom stereocenters. The Kier molecular flexibility index (Phi) is 3.87. The van der Waals surface area contributed by atoms with Crippen LogP contribution in [0.2, 0.25) is 0 Å². The third kappa shape index (κ3) is 2.64. The third-order valence-corrected chi connectivity index (χ3v) is 6.70. The Bertz CT molecular complexity index is 337. The monoisotopic (exact) mass is 240 g/mol. The predicted molar refractivity (Wildman–Crippen MR) is 68.7 cm³/mol. The van der Waals surface area contributed by atoms with Crippen LogP contribution in [-0.4, -0.2) is 20.3 Å². The summed E-state index contributed by atoms with van der Waals surface area (Å²) in [5.74, 6) is 2.44. The van der Waals surface area contributed by atoms with Crippen LogP contribution < -0.4 is 0 Å². The van der Waals surface area contributed by atoms with Crippen LogP contribution in [0.5, 0.6) is 0 Å². The van der Waals surface area contributed by atoms with Gasteiger partial charge in [-0.3, -0.25) is 4.21 Å². The minimum Gasteiger partial charge on any atom is -0.258 e. The van der Waals surface area contributed by atoms with E-state index in [9.17, 15) is 4.21 Å². The van der Waals surface area contributed by atoms with E-state index in [0.29, 0.717) is 10.5 Å². The maximum Gasteiger partial charge on any atom is 0.0866 e. The molecule has 82 valence electrons. The van der Waals surface area contributed by atoms with Crippen molar-refractivity contribution in [1.29, 1.82) is 0 Å². The molecule has 2 rings (SSSR count). The van der Waals surface area contributed by atoms with Crippen LogP contribution in [0.25, 0.3) is 0 Å². The summed E-state index contributed by atoms with van der Waals surface area (Å²) < 4.78 is 12.2. The molecular formula is C12H16OS2. The molecule has 1 heterocycles. The van der Waals surface area contributed by atoms with Gasteiger partial charge in [-0.25, -0.2) is 0 Å². The zero-order valence-corrected chi connectivity index (χ0v) is 10.5. The third-order valence-electron chi connectivity index (χ3n) is 2.76. The van der Waals surface area contributed by atoms with Gasteiger partial charge >= 0.3 is 0 Å². The minimum atomic E-state index is -0.646. The second-order valence-corrected chi connectivity index (χ2v) is 7.10. The highest BCUT2D eigenvalue weighted by molar-refractivity contribution is 8.11. The molecule has 0 aromatic heterocycles. The van der Waals surface area contributed by atoms with Gasteiger partial charge in [0.25, 0.3) is 0 Å². The number of hydrogen-bond acceptors (Lipinski definition) is 2. The van der Waals surface area contributed by atoms with Crippen LogP contribution >= 0.6 is 11.8 Å². The van der Waals surface area contributed by atoms with E-state index >= 15 is 0 Å². The number of hydrogen-bond donors (Lipinski definition) is 0. The molecule has 1 aliphatic rings. The average Bonchev–Trinajstić information content (AvgIpc) is 2.30. The van der Waals surface area contributed by atoms with Gasteiger partial charge in [-0.15, -0.1) is 11.8 Å². The average molecular weight is 240 g/mol. The second-order valence-electron chi connectivity index (χ2n) is 3.88. The Morgan fingerprint density at radius 3 is 2.80 bits per heavy atom. The first-order valence-corrected chi connectivity index (χ1v) is 7.76. The van der Waals surface area contributed by atoms with E-state index in [0.717, 1.165) is 17.9 Å². The van der Waals surface area contributed by atoms with E-state index in [1.54, 1.807) is 0 Å². The second kappa shape index (κ2) is 5.17. The van der Waals surface area contributed by atoms with Crippen molar-refractivity contribution in [3.8, 4) is 0 Å². The lowest BCUT2D eigenvalue weighted by atomic mass is 10.0. The zero-order chi connectivity index (χ0) is 10.7. The van der Waals surface area contributed by atoms with E-state index in [1.165, 1.54) is 5.56 Å². The highest BCUT2D eigenvalue weighted by Crippen LogP contribution is 2.34. The van der Waals surface area contributed by atoms with Gasteiger partial charge in [-0.2, -0.15) is 0 Å². The zero-order valence-electron chi connectivity index (χ0n) is 8.89. The van der Waals surface area contributed by atoms with Crippen molar-refractivity contribution in [2.75, 3.05) is 11.5 Å². The Labute approximate surface area is 98.1 Å². The van der Waals surface area contributed by atoms with E-state index < -0.39 is 10.8 Å². The molecule has 0 spiro atoms. The summed E-state index contributed by atoms with van der Waals surface area (Å²) in [6.45, 7) is 2.19. The summed E-state index contributed by atoms with van der Waals surface area (Å²) in [5, 5.41) is 0. The number of thioether (sulfide) groups is 1. The molecule has 3 heteroatoms. The molecule has 0 amide bonds. The van der Waals surface area contributed by atoms with E-state index in [2.05, 4.69) is 31.2 Å². The lowest BCUT2D eigenvalue weighted by Crippen LogP contribution is -2.25. The van der Waals surface area contributed by atoms with E-state index in [4.69, 9.17) is 0 Å². The van der Waals surface area contributed by atoms with E-state index in [1.807, 2.05) is 17.8 Å². The van der Waals surface area contributed by atoms with Gasteiger partial charge in [0.2, 0.25) is 0 Å². The molecule has 0 N–H and O–H groups in total. The molecule has 1 aromatic carbocycles. The van der Waals surface area contributed by atoms with Crippen molar-refractivity contribution in [3.63, 3.8) is 0 Å². The van der Waals surface area contributed by atoms with Crippen LogP contribution in [0.4, 0.5) is 0 Å². The molecular weight excluding hydrogens is 224 g/mol. The van der Waals surface area contributed by atoms with Crippen LogP contribution in [-0.2, 0) is 10.8 Å². The fourth-order valence-corrected chi connectivity index (χ4v) is 5.51. The lowest BCUT2D eigenvalue weighted by Gasteiger charge is -2.26. The maximum absolute atomic E-state index is 11.9. The Balaban J connectivity index is 2.13. The van der Waals surface area contributed by atoms with Crippen LogP contribution in [0.1, 0.15) is 24.8 Å². The summed E-state index contributed by atoms with van der Waals surface area (Å²) in [6.07, 6.45) is 1.11. The van der Waals surface area contributed by atoms with Gasteiger partial charge in [0.1, 0.15) is 0 Å². The van der Waals surface area contributed by atoms with Crippen LogP contribution in [0.3, 0.4) is 0 Å². The molecule has 0 radical (unpaired) electrons. The van der Waals surface area contributed by atoms with Crippen molar-refractivity contribution >= 4 is 22.6 Å². The topological polar surface area (TPSA) is 17.1 Å². The first-order valence-electron chi connectivity index (χ1n) is 5.33. The van der Waals surface area contributed by atoms with Gasteiger partial charge in [0.15, 0.2) is 0 Å². The maximum atomic E-state index is 11.9. The molecule has 1 aliphatic heterocycles. The van der Waals surface area contributed by atoms with Gasteiger partial charge in [-0.1, -0.05) is 37.3 Å². The summed E-state index contributed by atoms with van der Waals surface area (Å²) in [4.78, 5) is 0. The summed E-state index contributed by atoms with van der Waals surface area (Å²) >= 11 is 1.87. The predicted octanol–water partition coefficient (Wildman–Crippen LogP) is 3.00. The standard InChI is InChI=1S/C12H16OS2/c1-10(11-6-3-2-4-7-11)12-14-8-5-9-15(12)13/h2-4,6-7,10,12H,5,8-9H2,1H3/t10-,12-,15+/m0/s1. The molecule has 1 nitrogen and oxygen atoms in total. The van der Waals surface area contributed by atoms with Crippen LogP contribution in [0, 0.1) is 0 Å². The first-order chi connectivity index (χ1) is 7.29. The van der Waals surface area contributed by atoms with Crippen molar-refractivity contribution in [3.05, 3.63) is 35.9 Å². The highest BCUT2D eigenvalue weighted by atomic mass is 32.2. The van der Waals surface area contributed by atoms with Gasteiger partial charge in [-0.05, 0) is 17.7 Å². The lowest BCUT2D eigenvalue weighted by molar-refractivity contribution is 0.670. The fourth-order valence-electron chi connectivity index (χ4n) is 1.88. The molecule has 0 unspecified atom stereocenters. The fraction of sp³-hybridized carbons (Fsp3) is 0.500. The normalized spacial score (nSPS) is 28.6. The highest BCUT2D eigenvalue weighted by Gasteiger charge is 2.27. The SMILES string of the molecule is C[C@@H](c1ccccc1)[C@H]1SCCC[S@]1=O. The van der Waals surface area contributed by atoms with Crippen molar-refractivity contribution < 1.29 is 4.21 Å². The van der Waals surface area contributed by atoms with Crippen molar-refractivity contribution in [1.82, 2.24) is 0 Å². The Hall–Kier alpha value is -0.280. The minimum absolute atomic E-state index is 0.293. The van der Waals surface area contributed by atoms with Crippen molar-refractivity contribution in [2.24, 2.45) is 0 Å². The first kappa shape index (κ1) is 11.2. The van der Waals surface area contributed by atoms with E-state index in [-0.39, 0.29) is 0 Å². The summed E-state index contributed by atoms with van der Waals surface area (Å²) in [6, 6.07) is 10.4. The molecule has 0 aliphatic carbocycles. The largest absolute Gasteiger partial charge is 0.258 e. The molecule has 1 aromatic rings. The molecule has 15 heavy (non-hydrogen) atoms. The quantitative estimate of drug-likeness (QED) is 0.790. The van der Waals surface area contributed by atoms with Crippen molar-refractivity contribution in [2.45, 2.75) is 23.8 Å². The Morgan fingerprint density at radius 2 is 2.13 bits per heavy atom. The molecule has 1 saturated heterocycles.